The molecular weight excluding hydrogens is 176 g/mol. The molecule has 0 aliphatic carbocycles. The monoisotopic (exact) mass is 190 g/mol. The summed E-state index contributed by atoms with van der Waals surface area (Å²) in [6.07, 6.45) is 0. The molecule has 1 rings (SSSR count). The topological polar surface area (TPSA) is 59.0 Å². The first kappa shape index (κ1) is 10.6. The van der Waals surface area contributed by atoms with E-state index in [9.17, 15) is 0 Å². The molecule has 1 aromatic rings. The van der Waals surface area contributed by atoms with E-state index in [1.54, 1.807) is 19.2 Å². The van der Waals surface area contributed by atoms with E-state index in [0.717, 1.165) is 5.56 Å². The minimum atomic E-state index is -0.433. The van der Waals surface area contributed by atoms with Gasteiger partial charge in [-0.3, -0.25) is 0 Å². The highest BCUT2D eigenvalue weighted by Gasteiger charge is 2.15. The Hall–Kier alpha value is -1.53. The van der Waals surface area contributed by atoms with Gasteiger partial charge in [0.25, 0.3) is 0 Å². The summed E-state index contributed by atoms with van der Waals surface area (Å²) in [7, 11) is 1.55. The Morgan fingerprint density at radius 2 is 2.07 bits per heavy atom. The molecule has 14 heavy (non-hydrogen) atoms. The maximum absolute atomic E-state index is 8.87. The quantitative estimate of drug-likeness (QED) is 0.773. The van der Waals surface area contributed by atoms with Gasteiger partial charge >= 0.3 is 0 Å². The van der Waals surface area contributed by atoms with Crippen LogP contribution in [0.1, 0.15) is 25.0 Å². The number of benzene rings is 1. The van der Waals surface area contributed by atoms with E-state index in [0.29, 0.717) is 11.3 Å². The Bertz CT molecular complexity index is 372. The van der Waals surface area contributed by atoms with Gasteiger partial charge in [-0.2, -0.15) is 5.26 Å². The molecule has 0 saturated heterocycles. The summed E-state index contributed by atoms with van der Waals surface area (Å²) in [6.45, 7) is 3.80. The van der Waals surface area contributed by atoms with Crippen molar-refractivity contribution < 1.29 is 4.74 Å². The predicted molar refractivity (Wildman–Crippen MR) is 54.9 cm³/mol. The molecule has 0 fully saturated rings. The number of nitriles is 1. The van der Waals surface area contributed by atoms with Crippen molar-refractivity contribution in [2.75, 3.05) is 7.11 Å². The molecule has 0 aliphatic heterocycles. The van der Waals surface area contributed by atoms with Crippen molar-refractivity contribution in [3.05, 3.63) is 29.3 Å². The third-order valence-electron chi connectivity index (χ3n) is 2.06. The van der Waals surface area contributed by atoms with Gasteiger partial charge in [0.2, 0.25) is 0 Å². The summed E-state index contributed by atoms with van der Waals surface area (Å²) in [5.74, 6) is 0.584. The van der Waals surface area contributed by atoms with E-state index in [4.69, 9.17) is 15.7 Å². The third kappa shape index (κ3) is 2.04. The van der Waals surface area contributed by atoms with Crippen molar-refractivity contribution in [1.29, 1.82) is 5.26 Å². The van der Waals surface area contributed by atoms with Crippen LogP contribution in [0.5, 0.6) is 5.75 Å². The third-order valence-corrected chi connectivity index (χ3v) is 2.06. The van der Waals surface area contributed by atoms with Crippen LogP contribution in [0.25, 0.3) is 0 Å². The average Bonchev–Trinajstić information content (AvgIpc) is 2.15. The smallest absolute Gasteiger partial charge is 0.136 e. The molecule has 3 heteroatoms. The molecule has 0 heterocycles. The van der Waals surface area contributed by atoms with Gasteiger partial charge in [-0.25, -0.2) is 0 Å². The molecule has 0 bridgehead atoms. The summed E-state index contributed by atoms with van der Waals surface area (Å²) < 4.78 is 5.04. The van der Waals surface area contributed by atoms with E-state index in [-0.39, 0.29) is 0 Å². The van der Waals surface area contributed by atoms with Gasteiger partial charge in [-0.05, 0) is 31.5 Å². The molecule has 0 saturated carbocycles. The first-order valence-electron chi connectivity index (χ1n) is 4.36. The molecule has 74 valence electrons. The second kappa shape index (κ2) is 3.69. The maximum Gasteiger partial charge on any atom is 0.136 e. The number of ether oxygens (including phenoxy) is 1. The van der Waals surface area contributed by atoms with Crippen LogP contribution in [0, 0.1) is 11.3 Å². The first-order valence-corrected chi connectivity index (χ1v) is 4.36. The van der Waals surface area contributed by atoms with Crippen LogP contribution in [0.2, 0.25) is 0 Å². The van der Waals surface area contributed by atoms with Crippen LogP contribution in [-0.4, -0.2) is 7.11 Å². The molecule has 0 atom stereocenters. The minimum absolute atomic E-state index is 0.433. The second-order valence-electron chi connectivity index (χ2n) is 3.75. The van der Waals surface area contributed by atoms with Crippen molar-refractivity contribution in [1.82, 2.24) is 0 Å². The molecule has 0 unspecified atom stereocenters. The number of nitrogens with two attached hydrogens (primary N) is 1. The van der Waals surface area contributed by atoms with E-state index in [1.165, 1.54) is 0 Å². The SMILES string of the molecule is COc1ccc(C(C)(C)N)cc1C#N. The van der Waals surface area contributed by atoms with Crippen LogP contribution >= 0.6 is 0 Å². The van der Waals surface area contributed by atoms with Crippen LogP contribution in [-0.2, 0) is 5.54 Å². The Labute approximate surface area is 84.1 Å². The molecule has 1 aromatic carbocycles. The van der Waals surface area contributed by atoms with Gasteiger partial charge in [0, 0.05) is 5.54 Å². The van der Waals surface area contributed by atoms with Gasteiger partial charge in [0.15, 0.2) is 0 Å². The lowest BCUT2D eigenvalue weighted by molar-refractivity contribution is 0.412. The Balaban J connectivity index is 3.23. The molecule has 0 aliphatic rings. The largest absolute Gasteiger partial charge is 0.495 e. The van der Waals surface area contributed by atoms with Gasteiger partial charge in [-0.15, -0.1) is 0 Å². The normalized spacial score (nSPS) is 10.8. The zero-order valence-corrected chi connectivity index (χ0v) is 8.66. The standard InChI is InChI=1S/C11H14N2O/c1-11(2,13)9-4-5-10(14-3)8(6-9)7-12/h4-6H,13H2,1-3H3. The minimum Gasteiger partial charge on any atom is -0.495 e. The zero-order chi connectivity index (χ0) is 10.8. The first-order chi connectivity index (χ1) is 6.49. The molecule has 2 N–H and O–H groups in total. The molecule has 0 amide bonds. The van der Waals surface area contributed by atoms with Crippen molar-refractivity contribution in [2.45, 2.75) is 19.4 Å². The number of methoxy groups -OCH3 is 1. The van der Waals surface area contributed by atoms with Crippen LogP contribution in [0.4, 0.5) is 0 Å². The predicted octanol–water partition coefficient (Wildman–Crippen LogP) is 1.76. The Kier molecular flexibility index (Phi) is 2.78. The number of nitrogens with zero attached hydrogens (tertiary/aromatic N) is 1. The van der Waals surface area contributed by atoms with Crippen molar-refractivity contribution in [3.8, 4) is 11.8 Å². The summed E-state index contributed by atoms with van der Waals surface area (Å²) in [5, 5.41) is 8.87. The number of hydrogen-bond acceptors (Lipinski definition) is 3. The van der Waals surface area contributed by atoms with Crippen LogP contribution in [0.3, 0.4) is 0 Å². The zero-order valence-electron chi connectivity index (χ0n) is 8.66. The molecule has 0 radical (unpaired) electrons. The van der Waals surface area contributed by atoms with Crippen molar-refractivity contribution in [2.24, 2.45) is 5.73 Å². The summed E-state index contributed by atoms with van der Waals surface area (Å²) in [5.41, 5.74) is 6.93. The Morgan fingerprint density at radius 3 is 2.50 bits per heavy atom. The number of rotatable bonds is 2. The van der Waals surface area contributed by atoms with Gasteiger partial charge < -0.3 is 10.5 Å². The fourth-order valence-electron chi connectivity index (χ4n) is 1.20. The molecular formula is C11H14N2O. The van der Waals surface area contributed by atoms with Crippen molar-refractivity contribution >= 4 is 0 Å². The van der Waals surface area contributed by atoms with Crippen LogP contribution < -0.4 is 10.5 Å². The molecule has 0 spiro atoms. The van der Waals surface area contributed by atoms with Gasteiger partial charge in [0.1, 0.15) is 11.8 Å². The van der Waals surface area contributed by atoms with Crippen molar-refractivity contribution in [3.63, 3.8) is 0 Å². The maximum atomic E-state index is 8.87. The average molecular weight is 190 g/mol. The van der Waals surface area contributed by atoms with Crippen LogP contribution in [0.15, 0.2) is 18.2 Å². The van der Waals surface area contributed by atoms with E-state index >= 15 is 0 Å². The molecule has 3 nitrogen and oxygen atoms in total. The lowest BCUT2D eigenvalue weighted by atomic mass is 9.94. The van der Waals surface area contributed by atoms with E-state index in [2.05, 4.69) is 6.07 Å². The van der Waals surface area contributed by atoms with E-state index in [1.807, 2.05) is 19.9 Å². The summed E-state index contributed by atoms with van der Waals surface area (Å²) >= 11 is 0. The fourth-order valence-corrected chi connectivity index (χ4v) is 1.20. The summed E-state index contributed by atoms with van der Waals surface area (Å²) in [6, 6.07) is 7.48. The highest BCUT2D eigenvalue weighted by Crippen LogP contribution is 2.24. The van der Waals surface area contributed by atoms with Gasteiger partial charge in [-0.1, -0.05) is 6.07 Å². The highest BCUT2D eigenvalue weighted by molar-refractivity contribution is 5.46. The second-order valence-corrected chi connectivity index (χ2v) is 3.75. The molecule has 0 aromatic heterocycles. The number of hydrogen-bond donors (Lipinski definition) is 1. The van der Waals surface area contributed by atoms with Gasteiger partial charge in [0.05, 0.1) is 12.7 Å². The van der Waals surface area contributed by atoms with E-state index < -0.39 is 5.54 Å². The lowest BCUT2D eigenvalue weighted by Gasteiger charge is -2.19. The Morgan fingerprint density at radius 1 is 1.43 bits per heavy atom. The lowest BCUT2D eigenvalue weighted by Crippen LogP contribution is -2.28. The fraction of sp³-hybridized carbons (Fsp3) is 0.364. The summed E-state index contributed by atoms with van der Waals surface area (Å²) in [4.78, 5) is 0. The highest BCUT2D eigenvalue weighted by atomic mass is 16.5.